The number of likely N-dealkylation sites (tertiary alicyclic amines) is 1. The number of rotatable bonds is 6. The van der Waals surface area contributed by atoms with E-state index >= 15 is 0 Å². The van der Waals surface area contributed by atoms with E-state index in [1.807, 2.05) is 0 Å². The zero-order valence-electron chi connectivity index (χ0n) is 21.9. The number of amides is 1. The summed E-state index contributed by atoms with van der Waals surface area (Å²) in [6, 6.07) is 6.93. The number of piperidine rings is 1. The summed E-state index contributed by atoms with van der Waals surface area (Å²) in [4.78, 5) is 32.9. The van der Waals surface area contributed by atoms with Crippen LogP contribution in [-0.4, -0.2) is 49.9 Å². The van der Waals surface area contributed by atoms with Crippen molar-refractivity contribution in [3.8, 4) is 28.0 Å². The summed E-state index contributed by atoms with van der Waals surface area (Å²) in [6.07, 6.45) is 3.07. The highest BCUT2D eigenvalue weighted by Crippen LogP contribution is 2.48. The molecule has 3 atom stereocenters. The largest absolute Gasteiger partial charge is 0.474 e. The van der Waals surface area contributed by atoms with Gasteiger partial charge in [0.15, 0.2) is 28.3 Å². The summed E-state index contributed by atoms with van der Waals surface area (Å²) in [7, 11) is 0. The average molecular weight is 567 g/mol. The van der Waals surface area contributed by atoms with Crippen LogP contribution in [0.2, 0.25) is 0 Å². The van der Waals surface area contributed by atoms with E-state index < -0.39 is 23.0 Å². The van der Waals surface area contributed by atoms with Crippen molar-refractivity contribution in [2.75, 3.05) is 13.1 Å². The third-order valence-corrected chi connectivity index (χ3v) is 8.41. The Labute approximate surface area is 232 Å². The van der Waals surface area contributed by atoms with Crippen molar-refractivity contribution in [1.29, 1.82) is 0 Å². The molecule has 206 valence electrons. The number of nitrogens with zero attached hydrogens (tertiary/aromatic N) is 5. The van der Waals surface area contributed by atoms with E-state index in [9.17, 15) is 18.0 Å². The molecule has 1 unspecified atom stereocenters. The molecule has 1 saturated carbocycles. The molecule has 6 rings (SSSR count). The normalized spacial score (nSPS) is 20.0. The number of hydrogen-bond acceptors (Lipinski definition) is 8. The van der Waals surface area contributed by atoms with Gasteiger partial charge < -0.3 is 15.4 Å². The van der Waals surface area contributed by atoms with E-state index in [1.165, 1.54) is 11.3 Å². The molecular weight excluding hydrogens is 541 g/mol. The first-order valence-corrected chi connectivity index (χ1v) is 13.5. The molecule has 1 aliphatic carbocycles. The van der Waals surface area contributed by atoms with Gasteiger partial charge in [-0.15, -0.1) is 11.3 Å². The Balaban J connectivity index is 1.18. The van der Waals surface area contributed by atoms with Crippen LogP contribution in [0.4, 0.5) is 13.2 Å². The molecule has 2 aliphatic rings. The number of benzene rings is 1. The van der Waals surface area contributed by atoms with Crippen LogP contribution in [0.1, 0.15) is 34.8 Å². The summed E-state index contributed by atoms with van der Waals surface area (Å²) < 4.78 is 48.2. The number of nitrogens with two attached hydrogens (primary N) is 1. The molecule has 4 heterocycles. The minimum absolute atomic E-state index is 0.0870. The maximum Gasteiger partial charge on any atom is 0.265 e. The second-order valence-electron chi connectivity index (χ2n) is 10.7. The molecule has 40 heavy (non-hydrogen) atoms. The van der Waals surface area contributed by atoms with E-state index in [4.69, 9.17) is 10.5 Å². The van der Waals surface area contributed by atoms with Crippen LogP contribution in [0.25, 0.3) is 22.1 Å². The first kappa shape index (κ1) is 26.3. The lowest BCUT2D eigenvalue weighted by molar-refractivity contribution is 0.0755. The molecule has 8 nitrogen and oxygen atoms in total. The third-order valence-electron chi connectivity index (χ3n) is 7.26. The number of ether oxygens (including phenoxy) is 1. The molecule has 1 amide bonds. The second kappa shape index (κ2) is 9.63. The zero-order valence-corrected chi connectivity index (χ0v) is 22.7. The first-order valence-electron chi connectivity index (χ1n) is 12.7. The van der Waals surface area contributed by atoms with Crippen molar-refractivity contribution in [2.24, 2.45) is 17.6 Å². The fraction of sp³-hybridized carbons (Fsp3) is 0.321. The molecule has 3 aromatic heterocycles. The Morgan fingerprint density at radius 1 is 1.07 bits per heavy atom. The summed E-state index contributed by atoms with van der Waals surface area (Å²) in [5.74, 6) is -3.38. The summed E-state index contributed by atoms with van der Waals surface area (Å²) in [5.41, 5.74) is 6.59. The number of halogens is 3. The fourth-order valence-corrected chi connectivity index (χ4v) is 5.98. The first-order chi connectivity index (χ1) is 19.0. The lowest BCUT2D eigenvalue weighted by Gasteiger charge is -2.22. The van der Waals surface area contributed by atoms with Crippen molar-refractivity contribution in [3.05, 3.63) is 76.3 Å². The van der Waals surface area contributed by atoms with Gasteiger partial charge in [-0.3, -0.25) is 4.79 Å². The Kier molecular flexibility index (Phi) is 6.34. The van der Waals surface area contributed by atoms with Gasteiger partial charge in [0, 0.05) is 54.5 Å². The van der Waals surface area contributed by atoms with E-state index in [-0.39, 0.29) is 41.0 Å². The summed E-state index contributed by atoms with van der Waals surface area (Å²) >= 11 is 1.27. The summed E-state index contributed by atoms with van der Waals surface area (Å²) in [6.45, 7) is 6.35. The highest BCUT2D eigenvalue weighted by molar-refractivity contribution is 7.17. The molecule has 1 saturated heterocycles. The quantitative estimate of drug-likeness (QED) is 0.336. The standard InChI is InChI=1S/C28H25F3N6O2S/c1-13-24(40-26(35-13)25-33-7-4-8-34-25)27(38)37-11-16-17(12-37)23(16)39-20-10-14(28(2,3)32)9-19(36-20)15-5-6-18(29)22(31)21(15)30/h4-10,16-17,23H,11-12,32H2,1-3H3/t16-,17+,23?. The van der Waals surface area contributed by atoms with Crippen LogP contribution in [0.3, 0.4) is 0 Å². The topological polar surface area (TPSA) is 107 Å². The number of aromatic nitrogens is 4. The van der Waals surface area contributed by atoms with E-state index in [0.717, 1.165) is 12.1 Å². The Morgan fingerprint density at radius 3 is 2.45 bits per heavy atom. The minimum Gasteiger partial charge on any atom is -0.474 e. The number of pyridine rings is 1. The number of fused-ring (bicyclic) bond motifs is 1. The number of carbonyl (C=O) groups is 1. The van der Waals surface area contributed by atoms with Gasteiger partial charge in [0.25, 0.3) is 5.91 Å². The molecule has 0 bridgehead atoms. The minimum atomic E-state index is -1.57. The molecule has 2 fully saturated rings. The van der Waals surface area contributed by atoms with Crippen LogP contribution in [0.5, 0.6) is 5.88 Å². The number of aryl methyl sites for hydroxylation is 1. The number of thiazole rings is 1. The second-order valence-corrected chi connectivity index (χ2v) is 11.6. The predicted octanol–water partition coefficient (Wildman–Crippen LogP) is 4.73. The lowest BCUT2D eigenvalue weighted by atomic mass is 9.94. The van der Waals surface area contributed by atoms with Gasteiger partial charge in [0.2, 0.25) is 5.88 Å². The molecule has 4 aromatic rings. The van der Waals surface area contributed by atoms with E-state index in [2.05, 4.69) is 19.9 Å². The van der Waals surface area contributed by atoms with Gasteiger partial charge in [-0.25, -0.2) is 33.1 Å². The van der Waals surface area contributed by atoms with Crippen LogP contribution < -0.4 is 10.5 Å². The van der Waals surface area contributed by atoms with Gasteiger partial charge in [0.05, 0.1) is 11.4 Å². The third kappa shape index (κ3) is 4.71. The van der Waals surface area contributed by atoms with Crippen LogP contribution in [0.15, 0.2) is 42.7 Å². The molecule has 2 N–H and O–H groups in total. The Bertz CT molecular complexity index is 1610. The van der Waals surface area contributed by atoms with E-state index in [1.54, 1.807) is 56.3 Å². The molecule has 1 aliphatic heterocycles. The Hall–Kier alpha value is -3.90. The Morgan fingerprint density at radius 2 is 1.77 bits per heavy atom. The maximum atomic E-state index is 14.6. The van der Waals surface area contributed by atoms with Crippen LogP contribution in [-0.2, 0) is 5.54 Å². The predicted molar refractivity (Wildman–Crippen MR) is 142 cm³/mol. The van der Waals surface area contributed by atoms with Crippen LogP contribution >= 0.6 is 11.3 Å². The van der Waals surface area contributed by atoms with Gasteiger partial charge in [-0.05, 0) is 50.6 Å². The van der Waals surface area contributed by atoms with Gasteiger partial charge in [-0.1, -0.05) is 0 Å². The lowest BCUT2D eigenvalue weighted by Crippen LogP contribution is -2.33. The molecule has 12 heteroatoms. The number of carbonyl (C=O) groups excluding carboxylic acids is 1. The van der Waals surface area contributed by atoms with Crippen molar-refractivity contribution < 1.29 is 22.7 Å². The van der Waals surface area contributed by atoms with E-state index in [0.29, 0.717) is 40.1 Å². The fourth-order valence-electron chi connectivity index (χ4n) is 4.99. The average Bonchev–Trinajstić information content (AvgIpc) is 3.23. The summed E-state index contributed by atoms with van der Waals surface area (Å²) in [5, 5.41) is 0.592. The molecule has 0 spiro atoms. The number of hydrogen-bond donors (Lipinski definition) is 1. The van der Waals surface area contributed by atoms with Crippen molar-refractivity contribution in [1.82, 2.24) is 24.8 Å². The zero-order chi connectivity index (χ0) is 28.3. The highest BCUT2D eigenvalue weighted by atomic mass is 32.1. The van der Waals surface area contributed by atoms with Gasteiger partial charge in [-0.2, -0.15) is 0 Å². The van der Waals surface area contributed by atoms with Crippen LogP contribution in [0, 0.1) is 36.2 Å². The molecule has 0 radical (unpaired) electrons. The maximum absolute atomic E-state index is 14.6. The van der Waals surface area contributed by atoms with Gasteiger partial charge >= 0.3 is 0 Å². The SMILES string of the molecule is Cc1nc(-c2ncccn2)sc1C(=O)N1C[C@@H]2C(Oc3cc(C(C)(C)N)cc(-c4ccc(F)c(F)c4F)n3)[C@@H]2C1. The van der Waals surface area contributed by atoms with Gasteiger partial charge in [0.1, 0.15) is 11.0 Å². The smallest absolute Gasteiger partial charge is 0.265 e. The van der Waals surface area contributed by atoms with Crippen molar-refractivity contribution in [2.45, 2.75) is 32.4 Å². The molecule has 1 aromatic carbocycles. The monoisotopic (exact) mass is 566 g/mol. The highest BCUT2D eigenvalue weighted by Gasteiger charge is 2.59. The molecular formula is C28H25F3N6O2S. The van der Waals surface area contributed by atoms with Crippen molar-refractivity contribution in [3.63, 3.8) is 0 Å². The van der Waals surface area contributed by atoms with Crippen molar-refractivity contribution >= 4 is 17.2 Å².